The number of pyridine rings is 2. The van der Waals surface area contributed by atoms with Gasteiger partial charge in [-0.2, -0.15) is 0 Å². The highest BCUT2D eigenvalue weighted by Gasteiger charge is 2.40. The Hall–Kier alpha value is -3.07. The number of benzene rings is 1. The summed E-state index contributed by atoms with van der Waals surface area (Å²) < 4.78 is 1.46. The molecule has 2 aromatic heterocycles. The van der Waals surface area contributed by atoms with E-state index in [0.717, 1.165) is 16.5 Å². The first-order valence-electron chi connectivity index (χ1n) is 8.63. The predicted molar refractivity (Wildman–Crippen MR) is 103 cm³/mol. The monoisotopic (exact) mass is 383 g/mol. The number of hydrogen-bond donors (Lipinski definition) is 4. The van der Waals surface area contributed by atoms with E-state index in [1.807, 2.05) is 30.3 Å². The second kappa shape index (κ2) is 6.83. The molecule has 8 heteroatoms. The minimum atomic E-state index is -2.26. The molecule has 1 aliphatic rings. The lowest BCUT2D eigenvalue weighted by Gasteiger charge is -2.25. The van der Waals surface area contributed by atoms with Crippen molar-refractivity contribution in [2.45, 2.75) is 32.1 Å². The molecule has 3 aromatic rings. The van der Waals surface area contributed by atoms with Crippen LogP contribution in [0.25, 0.3) is 22.3 Å². The van der Waals surface area contributed by atoms with E-state index in [2.05, 4.69) is 4.98 Å². The number of hydrogen-bond acceptors (Lipinski definition) is 6. The van der Waals surface area contributed by atoms with E-state index >= 15 is 0 Å². The topological polar surface area (TPSA) is 148 Å². The van der Waals surface area contributed by atoms with Crippen LogP contribution >= 0.6 is 0 Å². The van der Waals surface area contributed by atoms with Crippen molar-refractivity contribution in [1.29, 1.82) is 0 Å². The van der Waals surface area contributed by atoms with E-state index in [-0.39, 0.29) is 30.2 Å². The van der Waals surface area contributed by atoms with Gasteiger partial charge in [-0.3, -0.25) is 4.79 Å². The molecule has 1 atom stereocenters. The maximum absolute atomic E-state index is 12.9. The van der Waals surface area contributed by atoms with E-state index in [1.165, 1.54) is 17.6 Å². The predicted octanol–water partition coefficient (Wildman–Crippen LogP) is 1.76. The quantitative estimate of drug-likeness (QED) is 0.420. The fourth-order valence-electron chi connectivity index (χ4n) is 3.69. The van der Waals surface area contributed by atoms with Crippen molar-refractivity contribution >= 4 is 16.9 Å². The van der Waals surface area contributed by atoms with Gasteiger partial charge in [0.15, 0.2) is 5.60 Å². The molecule has 6 N–H and O–H groups in total. The molecule has 0 aliphatic carbocycles. The third-order valence-corrected chi connectivity index (χ3v) is 5.24. The molecule has 0 saturated heterocycles. The molecule has 8 nitrogen and oxygen atoms in total. The molecule has 3 heterocycles. The average molecular weight is 383 g/mol. The third-order valence-electron chi connectivity index (χ3n) is 5.24. The zero-order valence-electron chi connectivity index (χ0n) is 15.3. The number of aromatic nitrogens is 2. The molecule has 146 valence electrons. The minimum Gasteiger partial charge on any atom is -0.479 e. The first-order valence-corrected chi connectivity index (χ1v) is 8.63. The van der Waals surface area contributed by atoms with E-state index < -0.39 is 23.7 Å². The molecule has 0 fully saturated rings. The molecule has 0 unspecified atom stereocenters. The molecule has 28 heavy (non-hydrogen) atoms. The fourth-order valence-corrected chi connectivity index (χ4v) is 3.69. The smallest absolute Gasteiger partial charge is 0.340 e. The minimum absolute atomic E-state index is 0. The van der Waals surface area contributed by atoms with Gasteiger partial charge in [0.05, 0.1) is 30.1 Å². The molecule has 1 aliphatic heterocycles. The molecule has 0 saturated carbocycles. The summed E-state index contributed by atoms with van der Waals surface area (Å²) in [5.41, 5.74) is -0.341. The molecular formula is C20H21N3O5. The summed E-state index contributed by atoms with van der Waals surface area (Å²) in [5, 5.41) is 30.9. The number of aliphatic hydroxyl groups is 2. The summed E-state index contributed by atoms with van der Waals surface area (Å²) in [6, 6.07) is 11.0. The van der Waals surface area contributed by atoms with E-state index in [1.54, 1.807) is 0 Å². The van der Waals surface area contributed by atoms with Crippen molar-refractivity contribution in [2.24, 2.45) is 0 Å². The van der Waals surface area contributed by atoms with Crippen molar-refractivity contribution in [1.82, 2.24) is 15.7 Å². The summed E-state index contributed by atoms with van der Waals surface area (Å²) in [7, 11) is 0. The summed E-state index contributed by atoms with van der Waals surface area (Å²) in [4.78, 5) is 29.3. The number of aliphatic carboxylic acids is 1. The van der Waals surface area contributed by atoms with Gasteiger partial charge in [-0.25, -0.2) is 9.78 Å². The summed E-state index contributed by atoms with van der Waals surface area (Å²) in [6.45, 7) is 1.14. The number of nitrogens with zero attached hydrogens (tertiary/aromatic N) is 2. The zero-order chi connectivity index (χ0) is 19.3. The maximum atomic E-state index is 12.9. The Morgan fingerprint density at radius 3 is 2.64 bits per heavy atom. The van der Waals surface area contributed by atoms with Crippen LogP contribution in [0.5, 0.6) is 0 Å². The number of para-hydroxylation sites is 1. The highest BCUT2D eigenvalue weighted by atomic mass is 16.4. The Morgan fingerprint density at radius 1 is 1.29 bits per heavy atom. The molecule has 4 rings (SSSR count). The summed E-state index contributed by atoms with van der Waals surface area (Å²) >= 11 is 0. The highest BCUT2D eigenvalue weighted by Crippen LogP contribution is 2.36. The largest absolute Gasteiger partial charge is 0.479 e. The number of carbonyl (C=O) groups is 1. The van der Waals surface area contributed by atoms with Crippen LogP contribution in [0.1, 0.15) is 30.0 Å². The van der Waals surface area contributed by atoms with E-state index in [9.17, 15) is 24.9 Å². The lowest BCUT2D eigenvalue weighted by atomic mass is 9.87. The van der Waals surface area contributed by atoms with E-state index in [4.69, 9.17) is 0 Å². The summed E-state index contributed by atoms with van der Waals surface area (Å²) in [5.74, 6) is -1.46. The number of carboxylic acids is 1. The van der Waals surface area contributed by atoms with Gasteiger partial charge < -0.3 is 26.0 Å². The zero-order valence-corrected chi connectivity index (χ0v) is 15.3. The van der Waals surface area contributed by atoms with E-state index in [0.29, 0.717) is 11.4 Å². The van der Waals surface area contributed by atoms with Crippen LogP contribution in [0.4, 0.5) is 0 Å². The molecule has 0 bridgehead atoms. The third kappa shape index (κ3) is 2.62. The van der Waals surface area contributed by atoms with Crippen LogP contribution in [0.3, 0.4) is 0 Å². The van der Waals surface area contributed by atoms with Gasteiger partial charge in [0.2, 0.25) is 0 Å². The maximum Gasteiger partial charge on any atom is 0.340 e. The van der Waals surface area contributed by atoms with Gasteiger partial charge in [0.1, 0.15) is 0 Å². The first kappa shape index (κ1) is 19.7. The first-order chi connectivity index (χ1) is 12.9. The lowest BCUT2D eigenvalue weighted by Crippen LogP contribution is -2.39. The second-order valence-corrected chi connectivity index (χ2v) is 6.68. The standard InChI is InChI=1S/C20H18N2O5.H3N/c1-2-20(27,19(25)26)14-8-16-17-12(9-22(16)18(24)13(14)10-23)7-11-5-3-4-6-15(11)21-17;/h3-8,23,27H,2,9-10H2,1H3,(H,25,26);1H3/t20-;/m0./s1. The van der Waals surface area contributed by atoms with Crippen LogP contribution in [-0.4, -0.2) is 30.8 Å². The van der Waals surface area contributed by atoms with Gasteiger partial charge in [0, 0.05) is 22.1 Å². The average Bonchev–Trinajstić information content (AvgIpc) is 3.03. The lowest BCUT2D eigenvalue weighted by molar-refractivity contribution is -0.160. The van der Waals surface area contributed by atoms with Crippen molar-refractivity contribution in [2.75, 3.05) is 0 Å². The number of carboxylic acid groups (broad SMARTS) is 1. The molecular weight excluding hydrogens is 362 g/mol. The normalized spacial score (nSPS) is 14.1. The Kier molecular flexibility index (Phi) is 4.80. The highest BCUT2D eigenvalue weighted by molar-refractivity contribution is 5.85. The Morgan fingerprint density at radius 2 is 2.00 bits per heavy atom. The Bertz CT molecular complexity index is 1150. The van der Waals surface area contributed by atoms with Crippen molar-refractivity contribution in [3.05, 3.63) is 63.4 Å². The Balaban J connectivity index is 0.00000225. The number of fused-ring (bicyclic) bond motifs is 4. The van der Waals surface area contributed by atoms with Crippen molar-refractivity contribution in [3.63, 3.8) is 0 Å². The molecule has 0 amide bonds. The van der Waals surface area contributed by atoms with Crippen LogP contribution < -0.4 is 11.7 Å². The van der Waals surface area contributed by atoms with Crippen molar-refractivity contribution in [3.8, 4) is 11.4 Å². The Labute approximate surface area is 160 Å². The molecule has 1 aromatic carbocycles. The van der Waals surface area contributed by atoms with Crippen LogP contribution in [0.15, 0.2) is 41.2 Å². The molecule has 0 spiro atoms. The van der Waals surface area contributed by atoms with Crippen LogP contribution in [0.2, 0.25) is 0 Å². The summed E-state index contributed by atoms with van der Waals surface area (Å²) in [6.07, 6.45) is -0.143. The van der Waals surface area contributed by atoms with Crippen molar-refractivity contribution < 1.29 is 20.1 Å². The van der Waals surface area contributed by atoms with Gasteiger partial charge in [-0.05, 0) is 24.6 Å². The van der Waals surface area contributed by atoms with Crippen LogP contribution in [-0.2, 0) is 23.5 Å². The van der Waals surface area contributed by atoms with Crippen LogP contribution in [0, 0.1) is 0 Å². The van der Waals surface area contributed by atoms with Gasteiger partial charge in [-0.15, -0.1) is 0 Å². The fraction of sp³-hybridized carbons (Fsp3) is 0.250. The van der Waals surface area contributed by atoms with Gasteiger partial charge in [-0.1, -0.05) is 25.1 Å². The second-order valence-electron chi connectivity index (χ2n) is 6.68. The van der Waals surface area contributed by atoms with Gasteiger partial charge in [0.25, 0.3) is 5.56 Å². The number of rotatable bonds is 4. The molecule has 0 radical (unpaired) electrons. The number of aliphatic hydroxyl groups excluding tert-OH is 1. The van der Waals surface area contributed by atoms with Gasteiger partial charge >= 0.3 is 5.97 Å². The SMILES string of the molecule is CC[C@@](O)(C(=O)O)c1cc2n(c(=O)c1CO)Cc1cc3ccccc3nc1-2.N.